The summed E-state index contributed by atoms with van der Waals surface area (Å²) in [6, 6.07) is 4.13. The molecule has 0 aliphatic carbocycles. The Morgan fingerprint density at radius 1 is 1.22 bits per heavy atom. The number of H-pyrrole nitrogens is 1. The zero-order valence-electron chi connectivity index (χ0n) is 11.3. The predicted molar refractivity (Wildman–Crippen MR) is 74.4 cm³/mol. The number of nitrogen functional groups attached to an aromatic ring is 1. The van der Waals surface area contributed by atoms with E-state index < -0.39 is 0 Å². The van der Waals surface area contributed by atoms with E-state index in [0.29, 0.717) is 5.69 Å². The Labute approximate surface area is 106 Å². The first-order valence-corrected chi connectivity index (χ1v) is 6.13. The summed E-state index contributed by atoms with van der Waals surface area (Å²) < 4.78 is 1.55. The maximum absolute atomic E-state index is 12.1. The topological polar surface area (TPSA) is 63.8 Å². The zero-order valence-corrected chi connectivity index (χ0v) is 11.3. The molecular formula is C14H19N3O. The average Bonchev–Trinajstić information content (AvgIpc) is 2.56. The molecule has 2 rings (SSSR count). The van der Waals surface area contributed by atoms with Crippen molar-refractivity contribution in [3.63, 3.8) is 0 Å². The molecule has 4 nitrogen and oxygen atoms in total. The number of hydrogen-bond donors (Lipinski definition) is 2. The van der Waals surface area contributed by atoms with E-state index in [2.05, 4.69) is 17.2 Å². The van der Waals surface area contributed by atoms with Gasteiger partial charge in [-0.2, -0.15) is 0 Å². The highest BCUT2D eigenvalue weighted by Gasteiger charge is 2.14. The first kappa shape index (κ1) is 12.5. The van der Waals surface area contributed by atoms with Gasteiger partial charge in [-0.25, -0.2) is 4.68 Å². The van der Waals surface area contributed by atoms with Crippen LogP contribution in [-0.2, 0) is 6.42 Å². The van der Waals surface area contributed by atoms with Gasteiger partial charge in [0.15, 0.2) is 0 Å². The van der Waals surface area contributed by atoms with Crippen LogP contribution in [0.2, 0.25) is 0 Å². The van der Waals surface area contributed by atoms with Crippen molar-refractivity contribution in [3.05, 3.63) is 44.9 Å². The van der Waals surface area contributed by atoms with Gasteiger partial charge in [-0.1, -0.05) is 24.6 Å². The van der Waals surface area contributed by atoms with Crippen molar-refractivity contribution in [3.8, 4) is 5.69 Å². The van der Waals surface area contributed by atoms with Gasteiger partial charge >= 0.3 is 0 Å². The van der Waals surface area contributed by atoms with Crippen LogP contribution in [0.4, 0.5) is 5.69 Å². The predicted octanol–water partition coefficient (Wildman–Crippen LogP) is 2.24. The summed E-state index contributed by atoms with van der Waals surface area (Å²) in [5.41, 5.74) is 11.0. The lowest BCUT2D eigenvalue weighted by Crippen LogP contribution is -2.18. The fourth-order valence-electron chi connectivity index (χ4n) is 2.45. The van der Waals surface area contributed by atoms with Gasteiger partial charge in [0.2, 0.25) is 0 Å². The third-order valence-electron chi connectivity index (χ3n) is 3.22. The molecule has 96 valence electrons. The van der Waals surface area contributed by atoms with Gasteiger partial charge in [0.1, 0.15) is 5.69 Å². The third-order valence-corrected chi connectivity index (χ3v) is 3.22. The van der Waals surface area contributed by atoms with Gasteiger partial charge < -0.3 is 5.73 Å². The van der Waals surface area contributed by atoms with Crippen molar-refractivity contribution in [2.75, 3.05) is 5.73 Å². The zero-order chi connectivity index (χ0) is 13.4. The maximum Gasteiger partial charge on any atom is 0.294 e. The molecule has 0 aliphatic rings. The number of aryl methyl sites for hydroxylation is 4. The molecule has 18 heavy (non-hydrogen) atoms. The van der Waals surface area contributed by atoms with Crippen molar-refractivity contribution in [2.24, 2.45) is 0 Å². The van der Waals surface area contributed by atoms with E-state index >= 15 is 0 Å². The summed E-state index contributed by atoms with van der Waals surface area (Å²) in [6.07, 6.45) is 0.720. The fourth-order valence-corrected chi connectivity index (χ4v) is 2.45. The Morgan fingerprint density at radius 2 is 1.78 bits per heavy atom. The molecule has 4 heteroatoms. The summed E-state index contributed by atoms with van der Waals surface area (Å²) in [5, 5.41) is 3.10. The molecule has 0 saturated carbocycles. The molecule has 0 unspecified atom stereocenters. The van der Waals surface area contributed by atoms with Gasteiger partial charge in [-0.05, 0) is 38.3 Å². The second-order valence-electron chi connectivity index (χ2n) is 4.75. The summed E-state index contributed by atoms with van der Waals surface area (Å²) in [7, 11) is 0. The maximum atomic E-state index is 12.1. The van der Waals surface area contributed by atoms with E-state index in [-0.39, 0.29) is 5.56 Å². The normalized spacial score (nSPS) is 10.9. The largest absolute Gasteiger partial charge is 0.393 e. The van der Waals surface area contributed by atoms with Gasteiger partial charge in [-0.15, -0.1) is 0 Å². The molecule has 1 aromatic heterocycles. The van der Waals surface area contributed by atoms with Gasteiger partial charge in [0.05, 0.1) is 11.4 Å². The average molecular weight is 245 g/mol. The van der Waals surface area contributed by atoms with E-state index in [1.165, 1.54) is 5.56 Å². The van der Waals surface area contributed by atoms with Crippen LogP contribution in [0.1, 0.15) is 29.3 Å². The number of benzene rings is 1. The Morgan fingerprint density at radius 3 is 2.22 bits per heavy atom. The van der Waals surface area contributed by atoms with Crippen molar-refractivity contribution >= 4 is 5.69 Å². The Bertz CT molecular complexity index is 627. The number of nitrogens with zero attached hydrogens (tertiary/aromatic N) is 1. The molecule has 0 saturated heterocycles. The van der Waals surface area contributed by atoms with Crippen LogP contribution in [0, 0.1) is 20.8 Å². The van der Waals surface area contributed by atoms with Crippen molar-refractivity contribution in [2.45, 2.75) is 34.1 Å². The number of rotatable bonds is 2. The van der Waals surface area contributed by atoms with Gasteiger partial charge in [0, 0.05) is 0 Å². The minimum absolute atomic E-state index is 0.165. The summed E-state index contributed by atoms with van der Waals surface area (Å²) in [6.45, 7) is 8.03. The minimum atomic E-state index is -0.165. The molecule has 0 spiro atoms. The molecule has 3 N–H and O–H groups in total. The van der Waals surface area contributed by atoms with Crippen LogP contribution in [0.5, 0.6) is 0 Å². The molecule has 2 aromatic rings. The van der Waals surface area contributed by atoms with Crippen molar-refractivity contribution in [1.82, 2.24) is 9.78 Å². The first-order valence-electron chi connectivity index (χ1n) is 6.13. The van der Waals surface area contributed by atoms with Crippen LogP contribution in [0.25, 0.3) is 5.69 Å². The lowest BCUT2D eigenvalue weighted by Gasteiger charge is -2.11. The van der Waals surface area contributed by atoms with Crippen LogP contribution in [-0.4, -0.2) is 9.78 Å². The highest BCUT2D eigenvalue weighted by molar-refractivity contribution is 5.52. The molecule has 0 amide bonds. The van der Waals surface area contributed by atoms with Gasteiger partial charge in [0.25, 0.3) is 5.56 Å². The highest BCUT2D eigenvalue weighted by atomic mass is 16.1. The number of nitrogens with one attached hydrogen (secondary N) is 1. The highest BCUT2D eigenvalue weighted by Crippen LogP contribution is 2.20. The van der Waals surface area contributed by atoms with Crippen molar-refractivity contribution < 1.29 is 0 Å². The number of anilines is 1. The summed E-state index contributed by atoms with van der Waals surface area (Å²) >= 11 is 0. The third kappa shape index (κ3) is 1.83. The molecule has 0 fully saturated rings. The van der Waals surface area contributed by atoms with E-state index in [9.17, 15) is 4.79 Å². The molecule has 0 radical (unpaired) electrons. The molecule has 0 bridgehead atoms. The lowest BCUT2D eigenvalue weighted by molar-refractivity contribution is 0.807. The molecule has 1 heterocycles. The summed E-state index contributed by atoms with van der Waals surface area (Å²) in [4.78, 5) is 12.1. The second kappa shape index (κ2) is 4.37. The number of aromatic amines is 1. The Hall–Kier alpha value is -1.97. The van der Waals surface area contributed by atoms with Crippen LogP contribution in [0.15, 0.2) is 16.9 Å². The smallest absolute Gasteiger partial charge is 0.294 e. The van der Waals surface area contributed by atoms with Crippen LogP contribution < -0.4 is 11.3 Å². The number of aromatic nitrogens is 2. The van der Waals surface area contributed by atoms with E-state index in [1.54, 1.807) is 4.68 Å². The van der Waals surface area contributed by atoms with Crippen LogP contribution in [0.3, 0.4) is 0 Å². The number of nitrogens with two attached hydrogens (primary N) is 1. The number of hydrogen-bond acceptors (Lipinski definition) is 2. The summed E-state index contributed by atoms with van der Waals surface area (Å²) in [5.74, 6) is 0. The molecule has 0 aliphatic heterocycles. The molecular weight excluding hydrogens is 226 g/mol. The Kier molecular flexibility index (Phi) is 3.03. The van der Waals surface area contributed by atoms with Crippen molar-refractivity contribution in [1.29, 1.82) is 0 Å². The molecule has 0 atom stereocenters. The Balaban J connectivity index is 2.74. The van der Waals surface area contributed by atoms with E-state index in [0.717, 1.165) is 28.9 Å². The SMILES string of the molecule is CCc1[nH]n(-c2c(C)cc(C)cc2C)c(=O)c1N. The minimum Gasteiger partial charge on any atom is -0.393 e. The van der Waals surface area contributed by atoms with Crippen LogP contribution >= 0.6 is 0 Å². The first-order chi connectivity index (χ1) is 8.45. The molecule has 1 aromatic carbocycles. The van der Waals surface area contributed by atoms with E-state index in [1.807, 2.05) is 27.7 Å². The quantitative estimate of drug-likeness (QED) is 0.852. The fraction of sp³-hybridized carbons (Fsp3) is 0.357. The standard InChI is InChI=1S/C14H19N3O/c1-5-11-12(15)14(18)17(16-11)13-9(3)6-8(2)7-10(13)4/h6-7,16H,5,15H2,1-4H3. The van der Waals surface area contributed by atoms with Gasteiger partial charge in [-0.3, -0.25) is 9.89 Å². The monoisotopic (exact) mass is 245 g/mol. The van der Waals surface area contributed by atoms with E-state index in [4.69, 9.17) is 5.73 Å². The lowest BCUT2D eigenvalue weighted by atomic mass is 10.1. The second-order valence-corrected chi connectivity index (χ2v) is 4.75.